The van der Waals surface area contributed by atoms with E-state index in [4.69, 9.17) is 5.11 Å². The van der Waals surface area contributed by atoms with Gasteiger partial charge in [-0.2, -0.15) is 0 Å². The van der Waals surface area contributed by atoms with Crippen LogP contribution < -0.4 is 0 Å². The molecule has 3 aromatic rings. The average Bonchev–Trinajstić information content (AvgIpc) is 2.95. The van der Waals surface area contributed by atoms with Gasteiger partial charge in [0.15, 0.2) is 0 Å². The van der Waals surface area contributed by atoms with Gasteiger partial charge >= 0.3 is 5.97 Å². The molecule has 0 unspecified atom stereocenters. The fraction of sp³-hybridized carbons (Fsp3) is 0.0769. The van der Waals surface area contributed by atoms with E-state index < -0.39 is 5.97 Å². The molecular weight excluding hydrogens is 266 g/mol. The molecule has 0 bridgehead atoms. The second-order valence-corrected chi connectivity index (χ2v) is 5.85. The molecule has 0 radical (unpaired) electrons. The van der Waals surface area contributed by atoms with Crippen molar-refractivity contribution in [3.05, 3.63) is 41.3 Å². The van der Waals surface area contributed by atoms with Crippen LogP contribution in [0.2, 0.25) is 0 Å². The van der Waals surface area contributed by atoms with Crippen molar-refractivity contribution in [2.45, 2.75) is 6.42 Å². The van der Waals surface area contributed by atoms with Crippen LogP contribution in [0.4, 0.5) is 0 Å². The summed E-state index contributed by atoms with van der Waals surface area (Å²) in [7, 11) is 0. The maximum absolute atomic E-state index is 10.7. The molecule has 18 heavy (non-hydrogen) atoms. The fourth-order valence-electron chi connectivity index (χ4n) is 1.76. The molecule has 90 valence electrons. The number of fused-ring (bicyclic) bond motifs is 1. The SMILES string of the molecule is O=C(O)Cc1ccc2sc(-c3cccs3)nc2c1. The molecule has 0 aliphatic rings. The summed E-state index contributed by atoms with van der Waals surface area (Å²) in [6, 6.07) is 9.70. The van der Waals surface area contributed by atoms with Crippen LogP contribution in [0.15, 0.2) is 35.7 Å². The number of carbonyl (C=O) groups is 1. The number of thiophene rings is 1. The van der Waals surface area contributed by atoms with E-state index in [1.54, 1.807) is 22.7 Å². The number of carboxylic acids is 1. The molecule has 2 aromatic heterocycles. The van der Waals surface area contributed by atoms with Crippen molar-refractivity contribution in [2.24, 2.45) is 0 Å². The number of aliphatic carboxylic acids is 1. The molecule has 0 saturated carbocycles. The molecule has 0 amide bonds. The largest absolute Gasteiger partial charge is 0.481 e. The summed E-state index contributed by atoms with van der Waals surface area (Å²) in [5, 5.41) is 11.8. The maximum atomic E-state index is 10.7. The minimum absolute atomic E-state index is 0.0435. The molecule has 0 spiro atoms. The summed E-state index contributed by atoms with van der Waals surface area (Å²) in [5.41, 5.74) is 1.67. The molecule has 3 rings (SSSR count). The second-order valence-electron chi connectivity index (χ2n) is 3.87. The topological polar surface area (TPSA) is 50.2 Å². The summed E-state index contributed by atoms with van der Waals surface area (Å²) < 4.78 is 1.09. The molecule has 2 heterocycles. The van der Waals surface area contributed by atoms with Crippen LogP contribution in [0.3, 0.4) is 0 Å². The predicted octanol–water partition coefficient (Wildman–Crippen LogP) is 3.65. The van der Waals surface area contributed by atoms with Crippen LogP contribution in [0, 0.1) is 0 Å². The number of nitrogens with zero attached hydrogens (tertiary/aromatic N) is 1. The van der Waals surface area contributed by atoms with E-state index in [1.807, 2.05) is 35.7 Å². The van der Waals surface area contributed by atoms with Crippen molar-refractivity contribution < 1.29 is 9.90 Å². The summed E-state index contributed by atoms with van der Waals surface area (Å²) >= 11 is 3.29. The Morgan fingerprint density at radius 2 is 2.22 bits per heavy atom. The van der Waals surface area contributed by atoms with Gasteiger partial charge in [0.2, 0.25) is 0 Å². The lowest BCUT2D eigenvalue weighted by Crippen LogP contribution is -1.99. The van der Waals surface area contributed by atoms with Gasteiger partial charge in [0.05, 0.1) is 21.5 Å². The Morgan fingerprint density at radius 1 is 1.33 bits per heavy atom. The van der Waals surface area contributed by atoms with Crippen molar-refractivity contribution in [1.82, 2.24) is 4.98 Å². The third-order valence-electron chi connectivity index (χ3n) is 2.54. The monoisotopic (exact) mass is 275 g/mol. The van der Waals surface area contributed by atoms with E-state index >= 15 is 0 Å². The van der Waals surface area contributed by atoms with Gasteiger partial charge in [-0.25, -0.2) is 4.98 Å². The highest BCUT2D eigenvalue weighted by molar-refractivity contribution is 7.25. The Hall–Kier alpha value is -1.72. The number of thiazole rings is 1. The Bertz CT molecular complexity index is 701. The highest BCUT2D eigenvalue weighted by Gasteiger charge is 2.08. The minimum Gasteiger partial charge on any atom is -0.481 e. The molecule has 1 N–H and O–H groups in total. The lowest BCUT2D eigenvalue weighted by molar-refractivity contribution is -0.136. The van der Waals surface area contributed by atoms with Crippen LogP contribution >= 0.6 is 22.7 Å². The summed E-state index contributed by atoms with van der Waals surface area (Å²) in [6.07, 6.45) is 0.0435. The molecule has 0 saturated heterocycles. The molecule has 0 atom stereocenters. The normalized spacial score (nSPS) is 10.9. The first-order chi connectivity index (χ1) is 8.72. The van der Waals surface area contributed by atoms with Crippen molar-refractivity contribution >= 4 is 38.9 Å². The fourth-order valence-corrected chi connectivity index (χ4v) is 3.51. The van der Waals surface area contributed by atoms with Crippen LogP contribution in [0.1, 0.15) is 5.56 Å². The van der Waals surface area contributed by atoms with E-state index in [0.717, 1.165) is 25.7 Å². The molecular formula is C13H9NO2S2. The van der Waals surface area contributed by atoms with Crippen LogP contribution in [-0.4, -0.2) is 16.1 Å². The first-order valence-electron chi connectivity index (χ1n) is 5.37. The van der Waals surface area contributed by atoms with E-state index in [1.165, 1.54) is 0 Å². The maximum Gasteiger partial charge on any atom is 0.307 e. The van der Waals surface area contributed by atoms with E-state index in [0.29, 0.717) is 0 Å². The van der Waals surface area contributed by atoms with Crippen molar-refractivity contribution in [2.75, 3.05) is 0 Å². The third kappa shape index (κ3) is 2.14. The van der Waals surface area contributed by atoms with Gasteiger partial charge in [0.25, 0.3) is 0 Å². The number of carboxylic acid groups (broad SMARTS) is 1. The summed E-state index contributed by atoms with van der Waals surface area (Å²) in [5.74, 6) is -0.817. The van der Waals surface area contributed by atoms with Gasteiger partial charge in [-0.15, -0.1) is 22.7 Å². The number of hydrogen-bond acceptors (Lipinski definition) is 4. The number of benzene rings is 1. The van der Waals surface area contributed by atoms with Gasteiger partial charge in [0.1, 0.15) is 5.01 Å². The number of hydrogen-bond donors (Lipinski definition) is 1. The minimum atomic E-state index is -0.817. The zero-order valence-corrected chi connectivity index (χ0v) is 10.9. The second kappa shape index (κ2) is 4.51. The summed E-state index contributed by atoms with van der Waals surface area (Å²) in [6.45, 7) is 0. The highest BCUT2D eigenvalue weighted by atomic mass is 32.1. The Balaban J connectivity index is 2.04. The van der Waals surface area contributed by atoms with Crippen molar-refractivity contribution in [3.8, 4) is 9.88 Å². The first-order valence-corrected chi connectivity index (χ1v) is 7.07. The highest BCUT2D eigenvalue weighted by Crippen LogP contribution is 2.33. The zero-order chi connectivity index (χ0) is 12.5. The molecule has 0 fully saturated rings. The number of rotatable bonds is 3. The van der Waals surface area contributed by atoms with Gasteiger partial charge < -0.3 is 5.11 Å². The number of aromatic nitrogens is 1. The average molecular weight is 275 g/mol. The van der Waals surface area contributed by atoms with Crippen LogP contribution in [0.5, 0.6) is 0 Å². The third-order valence-corrected chi connectivity index (χ3v) is 4.61. The molecule has 3 nitrogen and oxygen atoms in total. The van der Waals surface area contributed by atoms with E-state index in [9.17, 15) is 4.79 Å². The molecule has 0 aliphatic carbocycles. The quantitative estimate of drug-likeness (QED) is 0.793. The Morgan fingerprint density at radius 3 is 2.94 bits per heavy atom. The van der Waals surface area contributed by atoms with Crippen molar-refractivity contribution in [3.63, 3.8) is 0 Å². The van der Waals surface area contributed by atoms with Crippen LogP contribution in [0.25, 0.3) is 20.1 Å². The Kier molecular flexibility index (Phi) is 2.85. The van der Waals surface area contributed by atoms with Gasteiger partial charge in [-0.3, -0.25) is 4.79 Å². The standard InChI is InChI=1S/C13H9NO2S2/c15-12(16)7-8-3-4-10-9(6-8)14-13(18-10)11-2-1-5-17-11/h1-6H,7H2,(H,15,16). The summed E-state index contributed by atoms with van der Waals surface area (Å²) in [4.78, 5) is 16.4. The van der Waals surface area contributed by atoms with Crippen LogP contribution in [-0.2, 0) is 11.2 Å². The molecule has 0 aliphatic heterocycles. The Labute approximate surface area is 111 Å². The zero-order valence-electron chi connectivity index (χ0n) is 9.29. The van der Waals surface area contributed by atoms with E-state index in [-0.39, 0.29) is 6.42 Å². The smallest absolute Gasteiger partial charge is 0.307 e. The predicted molar refractivity (Wildman–Crippen MR) is 74.3 cm³/mol. The van der Waals surface area contributed by atoms with Gasteiger partial charge in [0, 0.05) is 0 Å². The molecule has 5 heteroatoms. The molecule has 1 aromatic carbocycles. The first kappa shape index (κ1) is 11.4. The van der Waals surface area contributed by atoms with Gasteiger partial charge in [-0.05, 0) is 29.1 Å². The lowest BCUT2D eigenvalue weighted by Gasteiger charge is -1.95. The van der Waals surface area contributed by atoms with Crippen molar-refractivity contribution in [1.29, 1.82) is 0 Å². The van der Waals surface area contributed by atoms with Gasteiger partial charge in [-0.1, -0.05) is 12.1 Å². The lowest BCUT2D eigenvalue weighted by atomic mass is 10.1. The van der Waals surface area contributed by atoms with E-state index in [2.05, 4.69) is 4.98 Å².